The molecule has 1 heterocycles. The van der Waals surface area contributed by atoms with Crippen LogP contribution in [0.25, 0.3) is 0 Å². The van der Waals surface area contributed by atoms with Gasteiger partial charge in [0, 0.05) is 0 Å². The number of thioether (sulfide) groups is 1. The van der Waals surface area contributed by atoms with Gasteiger partial charge in [-0.15, -0.1) is 0 Å². The predicted octanol–water partition coefficient (Wildman–Crippen LogP) is 0.229. The van der Waals surface area contributed by atoms with Crippen molar-refractivity contribution in [3.8, 4) is 0 Å². The molecule has 0 bridgehead atoms. The van der Waals surface area contributed by atoms with Crippen LogP contribution in [0.15, 0.2) is 5.16 Å². The Morgan fingerprint density at radius 2 is 2.08 bits per heavy atom. The Kier molecular flexibility index (Phi) is 2.83. The van der Waals surface area contributed by atoms with Crippen molar-refractivity contribution in [3.05, 3.63) is 5.82 Å². The lowest BCUT2D eigenvalue weighted by Crippen LogP contribution is -2.06. The van der Waals surface area contributed by atoms with E-state index < -0.39 is 6.10 Å². The Labute approximate surface area is 74.4 Å². The van der Waals surface area contributed by atoms with Gasteiger partial charge in [0.25, 0.3) is 0 Å². The molecule has 66 valence electrons. The Balaban J connectivity index is 3.06. The fourth-order valence-electron chi connectivity index (χ4n) is 0.666. The Morgan fingerprint density at radius 3 is 2.58 bits per heavy atom. The Bertz CT molecular complexity index is 278. The van der Waals surface area contributed by atoms with Gasteiger partial charge < -0.3 is 10.8 Å². The van der Waals surface area contributed by atoms with Crippen molar-refractivity contribution in [1.29, 1.82) is 0 Å². The third kappa shape index (κ3) is 2.05. The van der Waals surface area contributed by atoms with Gasteiger partial charge in [0.2, 0.25) is 5.95 Å². The van der Waals surface area contributed by atoms with Crippen LogP contribution in [0, 0.1) is 0 Å². The Hall–Kier alpha value is -0.880. The van der Waals surface area contributed by atoms with E-state index >= 15 is 0 Å². The van der Waals surface area contributed by atoms with Crippen LogP contribution in [0.1, 0.15) is 18.9 Å². The first-order chi connectivity index (χ1) is 5.63. The minimum absolute atomic E-state index is 0.144. The van der Waals surface area contributed by atoms with E-state index in [9.17, 15) is 0 Å². The zero-order chi connectivity index (χ0) is 9.14. The van der Waals surface area contributed by atoms with Crippen LogP contribution >= 0.6 is 11.8 Å². The van der Waals surface area contributed by atoms with Gasteiger partial charge in [-0.3, -0.25) is 0 Å². The number of hydrogen-bond acceptors (Lipinski definition) is 6. The molecule has 0 aliphatic heterocycles. The minimum atomic E-state index is -0.707. The molecule has 5 nitrogen and oxygen atoms in total. The molecule has 0 amide bonds. The zero-order valence-corrected chi connectivity index (χ0v) is 7.67. The lowest BCUT2D eigenvalue weighted by Gasteiger charge is -2.03. The van der Waals surface area contributed by atoms with Gasteiger partial charge in [0.15, 0.2) is 11.0 Å². The highest BCUT2D eigenvalue weighted by Crippen LogP contribution is 2.13. The Morgan fingerprint density at radius 1 is 1.42 bits per heavy atom. The summed E-state index contributed by atoms with van der Waals surface area (Å²) < 4.78 is 0. The largest absolute Gasteiger partial charge is 0.385 e. The summed E-state index contributed by atoms with van der Waals surface area (Å²) in [4.78, 5) is 11.6. The molecular weight excluding hydrogens is 176 g/mol. The van der Waals surface area contributed by atoms with Crippen LogP contribution in [-0.2, 0) is 0 Å². The van der Waals surface area contributed by atoms with Crippen LogP contribution < -0.4 is 5.73 Å². The summed E-state index contributed by atoms with van der Waals surface area (Å²) in [5, 5.41) is 9.68. The van der Waals surface area contributed by atoms with Gasteiger partial charge >= 0.3 is 0 Å². The van der Waals surface area contributed by atoms with E-state index in [-0.39, 0.29) is 5.95 Å². The van der Waals surface area contributed by atoms with Crippen molar-refractivity contribution < 1.29 is 5.11 Å². The molecule has 1 atom stereocenters. The maximum absolute atomic E-state index is 9.15. The fraction of sp³-hybridized carbons (Fsp3) is 0.500. The van der Waals surface area contributed by atoms with Gasteiger partial charge in [0.05, 0.1) is 0 Å². The quantitative estimate of drug-likeness (QED) is 0.643. The summed E-state index contributed by atoms with van der Waals surface area (Å²) in [5.41, 5.74) is 5.39. The van der Waals surface area contributed by atoms with Crippen LogP contribution in [0.3, 0.4) is 0 Å². The molecule has 0 aromatic carbocycles. The van der Waals surface area contributed by atoms with Gasteiger partial charge in [-0.25, -0.2) is 4.98 Å². The number of aliphatic hydroxyl groups is 1. The first kappa shape index (κ1) is 9.21. The molecular formula is C6H10N4OS. The summed E-state index contributed by atoms with van der Waals surface area (Å²) in [5.74, 6) is 0.456. The smallest absolute Gasteiger partial charge is 0.224 e. The number of hydrogen-bond donors (Lipinski definition) is 2. The molecule has 0 fully saturated rings. The van der Waals surface area contributed by atoms with Gasteiger partial charge in [0.1, 0.15) is 6.10 Å². The summed E-state index contributed by atoms with van der Waals surface area (Å²) in [7, 11) is 0. The highest BCUT2D eigenvalue weighted by atomic mass is 32.2. The topological polar surface area (TPSA) is 84.9 Å². The van der Waals surface area contributed by atoms with Crippen molar-refractivity contribution in [1.82, 2.24) is 15.0 Å². The number of nitrogens with two attached hydrogens (primary N) is 1. The maximum atomic E-state index is 9.15. The number of aliphatic hydroxyl groups excluding tert-OH is 1. The molecule has 1 aromatic heterocycles. The molecule has 0 spiro atoms. The third-order valence-corrected chi connectivity index (χ3v) is 1.75. The molecule has 0 unspecified atom stereocenters. The van der Waals surface area contributed by atoms with E-state index in [0.717, 1.165) is 0 Å². The van der Waals surface area contributed by atoms with Crippen molar-refractivity contribution in [2.75, 3.05) is 12.0 Å². The summed E-state index contributed by atoms with van der Waals surface area (Å²) in [6.45, 7) is 1.58. The molecule has 3 N–H and O–H groups in total. The van der Waals surface area contributed by atoms with Crippen LogP contribution in [0.4, 0.5) is 5.95 Å². The van der Waals surface area contributed by atoms with E-state index in [1.807, 2.05) is 6.26 Å². The van der Waals surface area contributed by atoms with Gasteiger partial charge in [-0.1, -0.05) is 11.8 Å². The van der Waals surface area contributed by atoms with E-state index in [0.29, 0.717) is 11.0 Å². The SMILES string of the molecule is CSc1nc(N)nc([C@H](C)O)n1. The molecule has 1 rings (SSSR count). The number of aromatic nitrogens is 3. The second-order valence-corrected chi connectivity index (χ2v) is 2.99. The minimum Gasteiger partial charge on any atom is -0.385 e. The number of nitrogens with zero attached hydrogens (tertiary/aromatic N) is 3. The zero-order valence-electron chi connectivity index (χ0n) is 6.85. The highest BCUT2D eigenvalue weighted by Gasteiger charge is 2.07. The van der Waals surface area contributed by atoms with E-state index in [4.69, 9.17) is 10.8 Å². The predicted molar refractivity (Wildman–Crippen MR) is 46.7 cm³/mol. The first-order valence-electron chi connectivity index (χ1n) is 3.37. The van der Waals surface area contributed by atoms with Crippen LogP contribution in [0.2, 0.25) is 0 Å². The van der Waals surface area contributed by atoms with Gasteiger partial charge in [-0.2, -0.15) is 9.97 Å². The maximum Gasteiger partial charge on any atom is 0.224 e. The molecule has 12 heavy (non-hydrogen) atoms. The average molecular weight is 186 g/mol. The number of nitrogen functional groups attached to an aromatic ring is 1. The monoisotopic (exact) mass is 186 g/mol. The summed E-state index contributed by atoms with van der Waals surface area (Å²) >= 11 is 1.36. The van der Waals surface area contributed by atoms with Crippen molar-refractivity contribution >= 4 is 17.7 Å². The standard InChI is InChI=1S/C6H10N4OS/c1-3(11)4-8-5(7)10-6(9-4)12-2/h3,11H,1-2H3,(H2,7,8,9,10)/t3-/m0/s1. The average Bonchev–Trinajstić information content (AvgIpc) is 2.03. The van der Waals surface area contributed by atoms with Crippen molar-refractivity contribution in [3.63, 3.8) is 0 Å². The molecule has 1 aromatic rings. The second kappa shape index (κ2) is 3.68. The molecule has 0 aliphatic rings. The molecule has 0 radical (unpaired) electrons. The molecule has 0 saturated heterocycles. The highest BCUT2D eigenvalue weighted by molar-refractivity contribution is 7.98. The summed E-state index contributed by atoms with van der Waals surface area (Å²) in [6.07, 6.45) is 1.13. The van der Waals surface area contributed by atoms with E-state index in [2.05, 4.69) is 15.0 Å². The van der Waals surface area contributed by atoms with Crippen LogP contribution in [0.5, 0.6) is 0 Å². The van der Waals surface area contributed by atoms with E-state index in [1.165, 1.54) is 11.8 Å². The molecule has 0 saturated carbocycles. The number of rotatable bonds is 2. The fourth-order valence-corrected chi connectivity index (χ4v) is 1.04. The second-order valence-electron chi connectivity index (χ2n) is 2.21. The lowest BCUT2D eigenvalue weighted by atomic mass is 10.4. The van der Waals surface area contributed by atoms with Crippen molar-refractivity contribution in [2.45, 2.75) is 18.2 Å². The van der Waals surface area contributed by atoms with E-state index in [1.54, 1.807) is 6.92 Å². The first-order valence-corrected chi connectivity index (χ1v) is 4.59. The molecule has 0 aliphatic carbocycles. The number of anilines is 1. The third-order valence-electron chi connectivity index (χ3n) is 1.21. The summed E-state index contributed by atoms with van der Waals surface area (Å²) in [6, 6.07) is 0. The van der Waals surface area contributed by atoms with Crippen LogP contribution in [-0.4, -0.2) is 26.3 Å². The lowest BCUT2D eigenvalue weighted by molar-refractivity contribution is 0.187. The normalized spacial score (nSPS) is 12.9. The van der Waals surface area contributed by atoms with Gasteiger partial charge in [-0.05, 0) is 13.2 Å². The van der Waals surface area contributed by atoms with Crippen molar-refractivity contribution in [2.24, 2.45) is 0 Å². The molecule has 6 heteroatoms.